The van der Waals surface area contributed by atoms with Gasteiger partial charge in [-0.1, -0.05) is 37.6 Å². The van der Waals surface area contributed by atoms with Gasteiger partial charge in [0.05, 0.1) is 21.8 Å². The first-order chi connectivity index (χ1) is 14.4. The van der Waals surface area contributed by atoms with E-state index >= 15 is 0 Å². The van der Waals surface area contributed by atoms with E-state index in [1.54, 1.807) is 12.1 Å². The van der Waals surface area contributed by atoms with Gasteiger partial charge in [-0.3, -0.25) is 14.6 Å². The molecule has 0 bridgehead atoms. The van der Waals surface area contributed by atoms with Crippen LogP contribution in [0.5, 0.6) is 0 Å². The molecule has 0 spiro atoms. The lowest BCUT2D eigenvalue weighted by molar-refractivity contribution is 0.0710. The van der Waals surface area contributed by atoms with Crippen molar-refractivity contribution in [3.8, 4) is 0 Å². The number of piperidine rings is 1. The van der Waals surface area contributed by atoms with E-state index in [-0.39, 0.29) is 17.7 Å². The van der Waals surface area contributed by atoms with Gasteiger partial charge >= 0.3 is 0 Å². The number of likely N-dealkylation sites (tertiary alicyclic amines) is 1. The number of carbonyl (C=O) groups excluding carboxylic acids is 2. The first-order valence-corrected chi connectivity index (χ1v) is 11.0. The third kappa shape index (κ3) is 5.39. The Morgan fingerprint density at radius 3 is 2.50 bits per heavy atom. The highest BCUT2D eigenvalue weighted by Crippen LogP contribution is 2.30. The van der Waals surface area contributed by atoms with E-state index < -0.39 is 0 Å². The summed E-state index contributed by atoms with van der Waals surface area (Å²) in [5.41, 5.74) is 2.94. The van der Waals surface area contributed by atoms with Crippen molar-refractivity contribution in [2.24, 2.45) is 5.92 Å². The minimum absolute atomic E-state index is 0.0390. The molecular weight excluding hydrogens is 398 g/mol. The van der Waals surface area contributed by atoms with Gasteiger partial charge in [0.2, 0.25) is 0 Å². The third-order valence-corrected chi connectivity index (χ3v) is 5.92. The summed E-state index contributed by atoms with van der Waals surface area (Å²) < 4.78 is 0. The van der Waals surface area contributed by atoms with E-state index in [0.29, 0.717) is 41.7 Å². The number of pyridine rings is 1. The number of benzene rings is 1. The summed E-state index contributed by atoms with van der Waals surface area (Å²) in [6.45, 7) is 8.14. The van der Waals surface area contributed by atoms with Crippen LogP contribution in [-0.2, 0) is 0 Å². The van der Waals surface area contributed by atoms with Crippen LogP contribution in [0.1, 0.15) is 71.1 Å². The Labute approximate surface area is 183 Å². The molecule has 1 aliphatic rings. The van der Waals surface area contributed by atoms with Crippen LogP contribution < -0.4 is 5.32 Å². The Bertz CT molecular complexity index is 905. The van der Waals surface area contributed by atoms with Gasteiger partial charge in [-0.25, -0.2) is 0 Å². The quantitative estimate of drug-likeness (QED) is 0.717. The first-order valence-electron chi connectivity index (χ1n) is 10.7. The standard InChI is InChI=1S/C24H30ClN3O2/c1-16(2)10-13-26-23(29)20-9-8-17(3)27-22(20)18-11-14-28(15-12-18)24(30)19-6-4-5-7-21(19)25/h4-9,16,18H,10-15H2,1-3H3,(H,26,29). The van der Waals surface area contributed by atoms with Gasteiger partial charge in [0.1, 0.15) is 0 Å². The zero-order valence-corrected chi connectivity index (χ0v) is 18.7. The zero-order valence-electron chi connectivity index (χ0n) is 18.0. The van der Waals surface area contributed by atoms with Crippen LogP contribution in [0.15, 0.2) is 36.4 Å². The molecule has 2 aromatic rings. The van der Waals surface area contributed by atoms with Crippen LogP contribution in [0.3, 0.4) is 0 Å². The van der Waals surface area contributed by atoms with Gasteiger partial charge in [0.25, 0.3) is 11.8 Å². The molecule has 0 radical (unpaired) electrons. The van der Waals surface area contributed by atoms with E-state index in [2.05, 4.69) is 19.2 Å². The smallest absolute Gasteiger partial charge is 0.255 e. The summed E-state index contributed by atoms with van der Waals surface area (Å²) in [7, 11) is 0. The van der Waals surface area contributed by atoms with Gasteiger partial charge in [-0.2, -0.15) is 0 Å². The highest BCUT2D eigenvalue weighted by molar-refractivity contribution is 6.33. The molecule has 1 fully saturated rings. The van der Waals surface area contributed by atoms with Crippen molar-refractivity contribution < 1.29 is 9.59 Å². The lowest BCUT2D eigenvalue weighted by Crippen LogP contribution is -2.38. The van der Waals surface area contributed by atoms with Crippen LogP contribution in [0, 0.1) is 12.8 Å². The van der Waals surface area contributed by atoms with Crippen LogP contribution in [0.25, 0.3) is 0 Å². The predicted molar refractivity (Wildman–Crippen MR) is 120 cm³/mol. The van der Waals surface area contributed by atoms with Gasteiger partial charge < -0.3 is 10.2 Å². The number of aryl methyl sites for hydroxylation is 1. The summed E-state index contributed by atoms with van der Waals surface area (Å²) in [6, 6.07) is 10.9. The summed E-state index contributed by atoms with van der Waals surface area (Å²) in [5, 5.41) is 3.50. The molecule has 0 atom stereocenters. The van der Waals surface area contributed by atoms with E-state index in [1.807, 2.05) is 36.1 Å². The molecule has 0 aliphatic carbocycles. The molecule has 160 valence electrons. The van der Waals surface area contributed by atoms with Crippen molar-refractivity contribution in [1.82, 2.24) is 15.2 Å². The Morgan fingerprint density at radius 1 is 1.13 bits per heavy atom. The second-order valence-corrected chi connectivity index (χ2v) is 8.78. The molecule has 1 saturated heterocycles. The van der Waals surface area contributed by atoms with Crippen LogP contribution in [0.2, 0.25) is 5.02 Å². The Kier molecular flexibility index (Phi) is 7.48. The second kappa shape index (κ2) is 10.1. The fourth-order valence-corrected chi connectivity index (χ4v) is 4.03. The Hall–Kier alpha value is -2.40. The SMILES string of the molecule is Cc1ccc(C(=O)NCCC(C)C)c(C2CCN(C(=O)c3ccccc3Cl)CC2)n1. The van der Waals surface area contributed by atoms with Crippen molar-refractivity contribution in [2.75, 3.05) is 19.6 Å². The maximum Gasteiger partial charge on any atom is 0.255 e. The number of halogens is 1. The van der Waals surface area contributed by atoms with Crippen LogP contribution in [0.4, 0.5) is 0 Å². The van der Waals surface area contributed by atoms with Gasteiger partial charge in [-0.15, -0.1) is 0 Å². The number of aromatic nitrogens is 1. The highest BCUT2D eigenvalue weighted by Gasteiger charge is 2.29. The van der Waals surface area contributed by atoms with Crippen LogP contribution in [-0.4, -0.2) is 41.3 Å². The highest BCUT2D eigenvalue weighted by atomic mass is 35.5. The van der Waals surface area contributed by atoms with Crippen molar-refractivity contribution in [2.45, 2.75) is 46.0 Å². The molecule has 2 amide bonds. The molecule has 1 aliphatic heterocycles. The number of hydrogen-bond donors (Lipinski definition) is 1. The van der Waals surface area contributed by atoms with Crippen molar-refractivity contribution in [3.05, 3.63) is 63.9 Å². The number of hydrogen-bond acceptors (Lipinski definition) is 3. The molecule has 0 saturated carbocycles. The topological polar surface area (TPSA) is 62.3 Å². The maximum atomic E-state index is 12.8. The van der Waals surface area contributed by atoms with Crippen molar-refractivity contribution in [1.29, 1.82) is 0 Å². The largest absolute Gasteiger partial charge is 0.352 e. The van der Waals surface area contributed by atoms with Gasteiger partial charge in [0.15, 0.2) is 0 Å². The number of nitrogens with zero attached hydrogens (tertiary/aromatic N) is 2. The third-order valence-electron chi connectivity index (χ3n) is 5.59. The monoisotopic (exact) mass is 427 g/mol. The molecule has 6 heteroatoms. The van der Waals surface area contributed by atoms with E-state index in [0.717, 1.165) is 30.7 Å². The number of rotatable bonds is 6. The molecule has 5 nitrogen and oxygen atoms in total. The number of amides is 2. The van der Waals surface area contributed by atoms with E-state index in [4.69, 9.17) is 16.6 Å². The van der Waals surface area contributed by atoms with Gasteiger partial charge in [0, 0.05) is 31.2 Å². The Balaban J connectivity index is 1.69. The normalized spacial score (nSPS) is 14.8. The molecule has 1 aromatic carbocycles. The fourth-order valence-electron chi connectivity index (χ4n) is 3.81. The predicted octanol–water partition coefficient (Wildman–Crippen LogP) is 4.84. The molecule has 0 unspecified atom stereocenters. The molecular formula is C24H30ClN3O2. The molecule has 30 heavy (non-hydrogen) atoms. The van der Waals surface area contributed by atoms with Crippen molar-refractivity contribution >= 4 is 23.4 Å². The summed E-state index contributed by atoms with van der Waals surface area (Å²) >= 11 is 6.20. The number of carbonyl (C=O) groups is 2. The van der Waals surface area contributed by atoms with Crippen LogP contribution >= 0.6 is 11.6 Å². The maximum absolute atomic E-state index is 12.8. The average molecular weight is 428 g/mol. The van der Waals surface area contributed by atoms with E-state index in [9.17, 15) is 9.59 Å². The minimum Gasteiger partial charge on any atom is -0.352 e. The average Bonchev–Trinajstić information content (AvgIpc) is 2.73. The molecule has 1 aromatic heterocycles. The lowest BCUT2D eigenvalue weighted by Gasteiger charge is -2.32. The molecule has 1 N–H and O–H groups in total. The van der Waals surface area contributed by atoms with E-state index in [1.165, 1.54) is 0 Å². The number of nitrogens with one attached hydrogen (secondary N) is 1. The lowest BCUT2D eigenvalue weighted by atomic mass is 9.89. The molecule has 3 rings (SSSR count). The second-order valence-electron chi connectivity index (χ2n) is 8.37. The minimum atomic E-state index is -0.0623. The van der Waals surface area contributed by atoms with Gasteiger partial charge in [-0.05, 0) is 56.4 Å². The fraction of sp³-hybridized carbons (Fsp3) is 0.458. The van der Waals surface area contributed by atoms with Crippen molar-refractivity contribution in [3.63, 3.8) is 0 Å². The summed E-state index contributed by atoms with van der Waals surface area (Å²) in [6.07, 6.45) is 2.50. The summed E-state index contributed by atoms with van der Waals surface area (Å²) in [5.74, 6) is 0.600. The first kappa shape index (κ1) is 22.3. The summed E-state index contributed by atoms with van der Waals surface area (Å²) in [4.78, 5) is 32.2. The molecule has 2 heterocycles. The zero-order chi connectivity index (χ0) is 21.7. The Morgan fingerprint density at radius 2 is 1.83 bits per heavy atom.